The van der Waals surface area contributed by atoms with Crippen LogP contribution in [0.25, 0.3) is 6.08 Å². The molecular formula is C21H18N4O5S2. The van der Waals surface area contributed by atoms with E-state index < -0.39 is 5.91 Å². The van der Waals surface area contributed by atoms with Crippen molar-refractivity contribution in [3.63, 3.8) is 0 Å². The van der Waals surface area contributed by atoms with Gasteiger partial charge >= 0.3 is 0 Å². The largest absolute Gasteiger partial charge is 0.493 e. The lowest BCUT2D eigenvalue weighted by Gasteiger charge is -2.14. The summed E-state index contributed by atoms with van der Waals surface area (Å²) in [6.07, 6.45) is 1.61. The molecule has 0 bridgehead atoms. The van der Waals surface area contributed by atoms with Gasteiger partial charge in [0.15, 0.2) is 21.3 Å². The SMILES string of the molecule is COc1cc(C(=O)Nn2c(O)c(C=C3N=c4ccccc4=N3)sc2=S)cc(OC)c1OC. The van der Waals surface area contributed by atoms with Crippen molar-refractivity contribution in [2.24, 2.45) is 9.98 Å². The third-order valence-electron chi connectivity index (χ3n) is 4.56. The van der Waals surface area contributed by atoms with E-state index in [9.17, 15) is 9.90 Å². The molecule has 0 fully saturated rings. The molecular weight excluding hydrogens is 452 g/mol. The zero-order valence-electron chi connectivity index (χ0n) is 17.3. The number of hydrogen-bond donors (Lipinski definition) is 2. The number of carbonyl (C=O) groups is 1. The summed E-state index contributed by atoms with van der Waals surface area (Å²) in [6, 6.07) is 10.4. The van der Waals surface area contributed by atoms with Crippen LogP contribution in [-0.2, 0) is 0 Å². The zero-order valence-corrected chi connectivity index (χ0v) is 18.9. The van der Waals surface area contributed by atoms with Crippen molar-refractivity contribution in [1.29, 1.82) is 0 Å². The summed E-state index contributed by atoms with van der Waals surface area (Å²) in [5.74, 6) is 0.681. The van der Waals surface area contributed by atoms with Crippen LogP contribution in [0, 0.1) is 3.95 Å². The van der Waals surface area contributed by atoms with Gasteiger partial charge in [-0.05, 0) is 36.5 Å². The van der Waals surface area contributed by atoms with E-state index in [0.29, 0.717) is 27.9 Å². The van der Waals surface area contributed by atoms with Gasteiger partial charge in [-0.1, -0.05) is 23.5 Å². The number of amides is 1. The average molecular weight is 471 g/mol. The summed E-state index contributed by atoms with van der Waals surface area (Å²) in [6.45, 7) is 0. The standard InChI is InChI=1S/C21H18N4O5S2/c1-28-14-8-11(9-15(29-2)18(14)30-3)19(26)24-25-20(27)16(32-21(25)31)10-17-22-12-6-4-5-7-13(12)23-17/h4-10,27H,1-3H3,(H,24,26). The number of ether oxygens (including phenoxy) is 3. The van der Waals surface area contributed by atoms with E-state index >= 15 is 0 Å². The average Bonchev–Trinajstić information content (AvgIpc) is 3.33. The highest BCUT2D eigenvalue weighted by Crippen LogP contribution is 2.38. The molecule has 0 saturated heterocycles. The fraction of sp³-hybridized carbons (Fsp3) is 0.143. The third kappa shape index (κ3) is 3.95. The lowest BCUT2D eigenvalue weighted by atomic mass is 10.1. The molecule has 0 atom stereocenters. The van der Waals surface area contributed by atoms with Gasteiger partial charge in [0.05, 0.1) is 36.9 Å². The summed E-state index contributed by atoms with van der Waals surface area (Å²) in [5, 5.41) is 12.2. The highest BCUT2D eigenvalue weighted by molar-refractivity contribution is 7.73. The Morgan fingerprint density at radius 2 is 1.69 bits per heavy atom. The Bertz CT molecular complexity index is 1360. The van der Waals surface area contributed by atoms with Gasteiger partial charge in [0, 0.05) is 11.6 Å². The van der Waals surface area contributed by atoms with E-state index in [1.165, 1.54) is 33.5 Å². The van der Waals surface area contributed by atoms with Crippen molar-refractivity contribution >= 4 is 35.5 Å². The molecule has 2 heterocycles. The van der Waals surface area contributed by atoms with Gasteiger partial charge in [-0.15, -0.1) is 0 Å². The zero-order chi connectivity index (χ0) is 22.8. The van der Waals surface area contributed by atoms with Gasteiger partial charge in [0.1, 0.15) is 0 Å². The van der Waals surface area contributed by atoms with Crippen molar-refractivity contribution < 1.29 is 24.1 Å². The Morgan fingerprint density at radius 1 is 1.09 bits per heavy atom. The molecule has 2 aromatic carbocycles. The molecule has 1 amide bonds. The Morgan fingerprint density at radius 3 is 2.22 bits per heavy atom. The highest BCUT2D eigenvalue weighted by atomic mass is 32.1. The maximum atomic E-state index is 12.9. The van der Waals surface area contributed by atoms with Crippen LogP contribution in [0.5, 0.6) is 23.1 Å². The number of nitrogens with zero attached hydrogens (tertiary/aromatic N) is 3. The number of carbonyl (C=O) groups excluding carboxylic acids is 1. The molecule has 2 N–H and O–H groups in total. The van der Waals surface area contributed by atoms with E-state index in [0.717, 1.165) is 26.7 Å². The van der Waals surface area contributed by atoms with Crippen LogP contribution in [0.4, 0.5) is 0 Å². The van der Waals surface area contributed by atoms with Crippen LogP contribution in [0.3, 0.4) is 0 Å². The first-order valence-electron chi connectivity index (χ1n) is 9.25. The van der Waals surface area contributed by atoms with E-state index in [-0.39, 0.29) is 15.4 Å². The minimum absolute atomic E-state index is 0.225. The fourth-order valence-electron chi connectivity index (χ4n) is 3.06. The quantitative estimate of drug-likeness (QED) is 0.537. The van der Waals surface area contributed by atoms with Crippen LogP contribution < -0.4 is 30.4 Å². The molecule has 11 heteroatoms. The number of benzene rings is 2. The van der Waals surface area contributed by atoms with Crippen LogP contribution in [-0.4, -0.2) is 37.0 Å². The summed E-state index contributed by atoms with van der Waals surface area (Å²) in [5.41, 5.74) is 2.81. The first-order valence-corrected chi connectivity index (χ1v) is 10.5. The van der Waals surface area contributed by atoms with Crippen molar-refractivity contribution in [1.82, 2.24) is 4.68 Å². The molecule has 0 saturated carbocycles. The van der Waals surface area contributed by atoms with E-state index in [4.69, 9.17) is 26.4 Å². The van der Waals surface area contributed by atoms with E-state index in [1.807, 2.05) is 24.3 Å². The van der Waals surface area contributed by atoms with Crippen LogP contribution in [0.15, 0.2) is 52.2 Å². The number of fused-ring (bicyclic) bond motifs is 1. The second-order valence-corrected chi connectivity index (χ2v) is 8.14. The van der Waals surface area contributed by atoms with Crippen LogP contribution in [0.1, 0.15) is 15.2 Å². The maximum absolute atomic E-state index is 12.9. The van der Waals surface area contributed by atoms with E-state index in [1.54, 1.807) is 6.08 Å². The van der Waals surface area contributed by atoms with Crippen LogP contribution >= 0.6 is 23.6 Å². The number of hydrogen-bond acceptors (Lipinski definition) is 9. The van der Waals surface area contributed by atoms with Crippen molar-refractivity contribution in [2.45, 2.75) is 0 Å². The molecule has 164 valence electrons. The molecule has 4 rings (SSSR count). The number of rotatable bonds is 6. The number of aromatic hydroxyl groups is 1. The Balaban J connectivity index is 1.65. The molecule has 0 radical (unpaired) electrons. The summed E-state index contributed by atoms with van der Waals surface area (Å²) in [4.78, 5) is 22.1. The number of para-hydroxylation sites is 2. The monoisotopic (exact) mass is 470 g/mol. The van der Waals surface area contributed by atoms with Gasteiger partial charge < -0.3 is 19.3 Å². The Hall–Kier alpha value is -3.70. The molecule has 0 unspecified atom stereocenters. The second-order valence-electron chi connectivity index (χ2n) is 6.46. The number of aromatic nitrogens is 1. The van der Waals surface area contributed by atoms with Gasteiger partial charge in [-0.25, -0.2) is 9.98 Å². The van der Waals surface area contributed by atoms with Gasteiger partial charge in [-0.3, -0.25) is 10.2 Å². The first-order chi connectivity index (χ1) is 15.4. The molecule has 0 aliphatic carbocycles. The minimum Gasteiger partial charge on any atom is -0.493 e. The number of thiazole rings is 1. The third-order valence-corrected chi connectivity index (χ3v) is 5.87. The molecule has 0 spiro atoms. The predicted molar refractivity (Wildman–Crippen MR) is 121 cm³/mol. The molecule has 1 aliphatic rings. The van der Waals surface area contributed by atoms with Gasteiger partial charge in [-0.2, -0.15) is 4.68 Å². The molecule has 3 aromatic rings. The molecule has 1 aromatic heterocycles. The second kappa shape index (κ2) is 8.81. The molecule has 1 aliphatic heterocycles. The minimum atomic E-state index is -0.532. The highest BCUT2D eigenvalue weighted by Gasteiger charge is 2.19. The summed E-state index contributed by atoms with van der Waals surface area (Å²) < 4.78 is 17.2. The molecule has 9 nitrogen and oxygen atoms in total. The summed E-state index contributed by atoms with van der Waals surface area (Å²) >= 11 is 6.44. The number of nitrogens with one attached hydrogen (secondary N) is 1. The normalized spacial score (nSPS) is 11.8. The topological polar surface area (TPSA) is 107 Å². The predicted octanol–water partition coefficient (Wildman–Crippen LogP) is 2.65. The lowest BCUT2D eigenvalue weighted by Crippen LogP contribution is -2.22. The Kier molecular flexibility index (Phi) is 5.93. The van der Waals surface area contributed by atoms with Crippen LogP contribution in [0.2, 0.25) is 0 Å². The van der Waals surface area contributed by atoms with Crippen molar-refractivity contribution in [3.05, 3.63) is 67.3 Å². The van der Waals surface area contributed by atoms with Gasteiger partial charge in [0.2, 0.25) is 11.6 Å². The Labute approximate surface area is 191 Å². The van der Waals surface area contributed by atoms with E-state index in [2.05, 4.69) is 15.4 Å². The van der Waals surface area contributed by atoms with Crippen molar-refractivity contribution in [3.8, 4) is 23.1 Å². The first kappa shape index (κ1) is 21.5. The smallest absolute Gasteiger partial charge is 0.270 e. The van der Waals surface area contributed by atoms with Gasteiger partial charge in [0.25, 0.3) is 5.91 Å². The summed E-state index contributed by atoms with van der Waals surface area (Å²) in [7, 11) is 4.38. The molecule has 32 heavy (non-hydrogen) atoms. The fourth-order valence-corrected chi connectivity index (χ4v) is 4.22. The number of methoxy groups -OCH3 is 3. The lowest BCUT2D eigenvalue weighted by molar-refractivity contribution is 0.100. The maximum Gasteiger partial charge on any atom is 0.270 e. The van der Waals surface area contributed by atoms with Crippen molar-refractivity contribution in [2.75, 3.05) is 26.8 Å².